The van der Waals surface area contributed by atoms with Crippen molar-refractivity contribution in [2.24, 2.45) is 11.1 Å². The van der Waals surface area contributed by atoms with Gasteiger partial charge in [0.15, 0.2) is 0 Å². The van der Waals surface area contributed by atoms with Crippen LogP contribution in [0, 0.1) is 16.7 Å². The standard InChI is InChI=1S/C22H22N2O4/c1-27-17-7-3-14(4-8-17)19-11-16(25)12-20(22(19,13-23)21(24)26)15-5-9-18(28-2)10-6-15/h3-10,19-20H,11-12H2,1-2H3,(H2,24,26)/t19-,20-/m1/s1. The van der Waals surface area contributed by atoms with E-state index >= 15 is 0 Å². The second-order valence-corrected chi connectivity index (χ2v) is 6.94. The molecule has 0 saturated heterocycles. The van der Waals surface area contributed by atoms with E-state index in [2.05, 4.69) is 6.07 Å². The van der Waals surface area contributed by atoms with E-state index in [1.807, 2.05) is 0 Å². The van der Waals surface area contributed by atoms with Crippen molar-refractivity contribution in [3.8, 4) is 17.6 Å². The minimum absolute atomic E-state index is 0.00578. The quantitative estimate of drug-likeness (QED) is 0.862. The van der Waals surface area contributed by atoms with Gasteiger partial charge in [-0.3, -0.25) is 9.59 Å². The Balaban J connectivity index is 2.13. The van der Waals surface area contributed by atoms with Gasteiger partial charge < -0.3 is 15.2 Å². The molecule has 28 heavy (non-hydrogen) atoms. The van der Waals surface area contributed by atoms with E-state index < -0.39 is 23.2 Å². The van der Waals surface area contributed by atoms with E-state index in [-0.39, 0.29) is 18.6 Å². The molecular formula is C22H22N2O4. The van der Waals surface area contributed by atoms with Crippen LogP contribution in [0.2, 0.25) is 0 Å². The first-order chi connectivity index (χ1) is 13.5. The molecule has 0 aromatic heterocycles. The molecule has 1 aliphatic carbocycles. The fraction of sp³-hybridized carbons (Fsp3) is 0.318. The van der Waals surface area contributed by atoms with Crippen molar-refractivity contribution in [1.29, 1.82) is 5.26 Å². The van der Waals surface area contributed by atoms with Crippen LogP contribution in [0.25, 0.3) is 0 Å². The van der Waals surface area contributed by atoms with E-state index in [1.165, 1.54) is 0 Å². The Morgan fingerprint density at radius 3 is 1.64 bits per heavy atom. The molecule has 1 saturated carbocycles. The van der Waals surface area contributed by atoms with Crippen molar-refractivity contribution in [2.45, 2.75) is 24.7 Å². The number of carbonyl (C=O) groups is 2. The summed E-state index contributed by atoms with van der Waals surface area (Å²) in [4.78, 5) is 25.3. The molecule has 0 unspecified atom stereocenters. The lowest BCUT2D eigenvalue weighted by atomic mass is 9.56. The summed E-state index contributed by atoms with van der Waals surface area (Å²) in [5.74, 6) is -0.681. The van der Waals surface area contributed by atoms with Gasteiger partial charge in [0.05, 0.1) is 20.3 Å². The van der Waals surface area contributed by atoms with Crippen LogP contribution in [0.5, 0.6) is 11.5 Å². The van der Waals surface area contributed by atoms with Gasteiger partial charge in [0.1, 0.15) is 22.7 Å². The number of rotatable bonds is 5. The number of ether oxygens (including phenoxy) is 2. The molecular weight excluding hydrogens is 356 g/mol. The lowest BCUT2D eigenvalue weighted by Crippen LogP contribution is -2.49. The van der Waals surface area contributed by atoms with Crippen molar-refractivity contribution in [3.05, 3.63) is 59.7 Å². The fourth-order valence-corrected chi connectivity index (χ4v) is 4.09. The van der Waals surface area contributed by atoms with Crippen LogP contribution >= 0.6 is 0 Å². The van der Waals surface area contributed by atoms with E-state index in [1.54, 1.807) is 62.8 Å². The molecule has 0 radical (unpaired) electrons. The Kier molecular flexibility index (Phi) is 5.36. The van der Waals surface area contributed by atoms with Crippen molar-refractivity contribution in [2.75, 3.05) is 14.2 Å². The zero-order valence-electron chi connectivity index (χ0n) is 15.8. The maximum atomic E-state index is 12.7. The molecule has 3 rings (SSSR count). The molecule has 0 bridgehead atoms. The van der Waals surface area contributed by atoms with E-state index in [4.69, 9.17) is 15.2 Å². The minimum atomic E-state index is -1.53. The van der Waals surface area contributed by atoms with Gasteiger partial charge in [0, 0.05) is 24.7 Å². The van der Waals surface area contributed by atoms with Gasteiger partial charge in [-0.15, -0.1) is 0 Å². The highest BCUT2D eigenvalue weighted by Gasteiger charge is 2.56. The van der Waals surface area contributed by atoms with Crippen molar-refractivity contribution in [1.82, 2.24) is 0 Å². The highest BCUT2D eigenvalue weighted by molar-refractivity contribution is 5.92. The molecule has 1 aliphatic rings. The highest BCUT2D eigenvalue weighted by Crippen LogP contribution is 2.53. The molecule has 6 nitrogen and oxygen atoms in total. The van der Waals surface area contributed by atoms with Gasteiger partial charge in [-0.05, 0) is 35.4 Å². The first-order valence-electron chi connectivity index (χ1n) is 8.97. The summed E-state index contributed by atoms with van der Waals surface area (Å²) < 4.78 is 10.4. The zero-order chi connectivity index (χ0) is 20.3. The predicted molar refractivity (Wildman–Crippen MR) is 103 cm³/mol. The fourth-order valence-electron chi connectivity index (χ4n) is 4.09. The second-order valence-electron chi connectivity index (χ2n) is 6.94. The summed E-state index contributed by atoms with van der Waals surface area (Å²) in [6.07, 6.45) is 0.185. The molecule has 2 aromatic carbocycles. The number of nitrogens with two attached hydrogens (primary N) is 1. The number of nitriles is 1. The first-order valence-corrected chi connectivity index (χ1v) is 8.97. The monoisotopic (exact) mass is 378 g/mol. The van der Waals surface area contributed by atoms with Gasteiger partial charge in [-0.1, -0.05) is 24.3 Å². The van der Waals surface area contributed by atoms with Crippen molar-refractivity contribution < 1.29 is 19.1 Å². The van der Waals surface area contributed by atoms with Crippen LogP contribution in [0.15, 0.2) is 48.5 Å². The molecule has 2 aromatic rings. The first kappa shape index (κ1) is 19.4. The average molecular weight is 378 g/mol. The summed E-state index contributed by atoms with van der Waals surface area (Å²) in [6, 6.07) is 16.3. The zero-order valence-corrected chi connectivity index (χ0v) is 15.8. The Hall–Kier alpha value is -3.33. The number of methoxy groups -OCH3 is 2. The smallest absolute Gasteiger partial charge is 0.239 e. The summed E-state index contributed by atoms with van der Waals surface area (Å²) in [6.45, 7) is 0. The lowest BCUT2D eigenvalue weighted by molar-refractivity contribution is -0.132. The number of Topliss-reactive ketones (excluding diaryl/α,β-unsaturated/α-hetero) is 1. The maximum absolute atomic E-state index is 12.7. The maximum Gasteiger partial charge on any atom is 0.239 e. The normalized spacial score (nSPS) is 20.8. The Morgan fingerprint density at radius 2 is 1.36 bits per heavy atom. The molecule has 1 amide bonds. The molecule has 6 heteroatoms. The van der Waals surface area contributed by atoms with E-state index in [9.17, 15) is 14.9 Å². The summed E-state index contributed by atoms with van der Waals surface area (Å²) >= 11 is 0. The third-order valence-corrected chi connectivity index (χ3v) is 5.59. The minimum Gasteiger partial charge on any atom is -0.497 e. The third kappa shape index (κ3) is 3.20. The second kappa shape index (κ2) is 7.73. The molecule has 0 spiro atoms. The molecule has 2 atom stereocenters. The van der Waals surface area contributed by atoms with Crippen molar-refractivity contribution in [3.63, 3.8) is 0 Å². The van der Waals surface area contributed by atoms with Gasteiger partial charge in [0.25, 0.3) is 0 Å². The topological polar surface area (TPSA) is 102 Å². The number of amides is 1. The largest absolute Gasteiger partial charge is 0.497 e. The number of hydrogen-bond donors (Lipinski definition) is 1. The Bertz CT molecular complexity index is 854. The Labute approximate surface area is 163 Å². The van der Waals surface area contributed by atoms with Gasteiger partial charge in [-0.2, -0.15) is 5.26 Å². The number of benzene rings is 2. The number of hydrogen-bond acceptors (Lipinski definition) is 5. The molecule has 2 N–H and O–H groups in total. The summed E-state index contributed by atoms with van der Waals surface area (Å²) in [5, 5.41) is 10.2. The van der Waals surface area contributed by atoms with E-state index in [0.29, 0.717) is 22.6 Å². The summed E-state index contributed by atoms with van der Waals surface area (Å²) in [7, 11) is 3.11. The SMILES string of the molecule is COc1ccc([C@H]2CC(=O)C[C@H](c3ccc(OC)cc3)C2(C#N)C(N)=O)cc1. The molecule has 144 valence electrons. The number of ketones is 1. The van der Waals surface area contributed by atoms with Gasteiger partial charge in [-0.25, -0.2) is 0 Å². The van der Waals surface area contributed by atoms with E-state index in [0.717, 1.165) is 0 Å². The molecule has 0 heterocycles. The lowest BCUT2D eigenvalue weighted by Gasteiger charge is -2.42. The Morgan fingerprint density at radius 1 is 0.964 bits per heavy atom. The van der Waals surface area contributed by atoms with Crippen LogP contribution in [-0.4, -0.2) is 25.9 Å². The van der Waals surface area contributed by atoms with Crippen LogP contribution in [0.4, 0.5) is 0 Å². The highest BCUT2D eigenvalue weighted by atomic mass is 16.5. The van der Waals surface area contributed by atoms with Crippen molar-refractivity contribution >= 4 is 11.7 Å². The number of nitrogens with zero attached hydrogens (tertiary/aromatic N) is 1. The third-order valence-electron chi connectivity index (χ3n) is 5.59. The average Bonchev–Trinajstić information content (AvgIpc) is 2.73. The number of carbonyl (C=O) groups excluding carboxylic acids is 2. The number of primary amides is 1. The predicted octanol–water partition coefficient (Wildman–Crippen LogP) is 2.93. The van der Waals surface area contributed by atoms with Gasteiger partial charge in [0.2, 0.25) is 5.91 Å². The summed E-state index contributed by atoms with van der Waals surface area (Å²) in [5.41, 5.74) is 5.70. The van der Waals surface area contributed by atoms with Crippen LogP contribution in [0.1, 0.15) is 35.8 Å². The van der Waals surface area contributed by atoms with Gasteiger partial charge >= 0.3 is 0 Å². The molecule has 0 aliphatic heterocycles. The van der Waals surface area contributed by atoms with Crippen LogP contribution in [-0.2, 0) is 9.59 Å². The van der Waals surface area contributed by atoms with Crippen LogP contribution in [0.3, 0.4) is 0 Å². The van der Waals surface area contributed by atoms with Crippen LogP contribution < -0.4 is 15.2 Å². The molecule has 1 fully saturated rings.